The van der Waals surface area contributed by atoms with Crippen molar-refractivity contribution in [2.45, 2.75) is 91.3 Å². The molecule has 3 aromatic rings. The lowest BCUT2D eigenvalue weighted by atomic mass is 9.77. The van der Waals surface area contributed by atoms with Crippen molar-refractivity contribution in [3.05, 3.63) is 66.0 Å². The van der Waals surface area contributed by atoms with Crippen molar-refractivity contribution in [3.63, 3.8) is 0 Å². The number of amides is 3. The molecule has 0 bridgehead atoms. The summed E-state index contributed by atoms with van der Waals surface area (Å²) in [4.78, 5) is 77.8. The van der Waals surface area contributed by atoms with Gasteiger partial charge in [-0.15, -0.1) is 0 Å². The van der Waals surface area contributed by atoms with Crippen LogP contribution in [0.3, 0.4) is 0 Å². The predicted octanol–water partition coefficient (Wildman–Crippen LogP) is 6.90. The van der Waals surface area contributed by atoms with Gasteiger partial charge in [0.2, 0.25) is 11.9 Å². The Morgan fingerprint density at radius 3 is 2.22 bits per heavy atom. The number of Topliss-reactive ketones (excluding diaryl/α,β-unsaturated/α-hetero) is 2. The molecule has 2 aromatic carbocycles. The molecule has 14 nitrogen and oxygen atoms in total. The van der Waals surface area contributed by atoms with Crippen molar-refractivity contribution in [1.29, 1.82) is 0 Å². The number of aromatic nitrogens is 2. The molecule has 2 fully saturated rings. The fourth-order valence-electron chi connectivity index (χ4n) is 7.64. The van der Waals surface area contributed by atoms with Crippen molar-refractivity contribution >= 4 is 47.0 Å². The van der Waals surface area contributed by atoms with E-state index in [1.807, 2.05) is 70.7 Å². The molecule has 1 aromatic heterocycles. The molecule has 310 valence electrons. The number of ketones is 2. The van der Waals surface area contributed by atoms with E-state index >= 15 is 0 Å². The first-order valence-corrected chi connectivity index (χ1v) is 20.4. The number of ether oxygens (including phenoxy) is 2. The summed E-state index contributed by atoms with van der Waals surface area (Å²) >= 11 is 0. The molecule has 3 N–H and O–H groups in total. The minimum Gasteiger partial charge on any atom is -0.444 e. The fourth-order valence-corrected chi connectivity index (χ4v) is 7.64. The second kappa shape index (κ2) is 17.9. The highest BCUT2D eigenvalue weighted by molar-refractivity contribution is 6.09. The van der Waals surface area contributed by atoms with Crippen LogP contribution in [0.2, 0.25) is 0 Å². The van der Waals surface area contributed by atoms with Gasteiger partial charge in [-0.25, -0.2) is 19.6 Å². The first-order chi connectivity index (χ1) is 27.5. The minimum atomic E-state index is -0.643. The van der Waals surface area contributed by atoms with E-state index in [-0.39, 0.29) is 48.4 Å². The number of nitrogens with one attached hydrogen (secondary N) is 3. The Hall–Kier alpha value is -5.53. The SMILES string of the molecule is CC(C)(C)OC(=O)NCC1CCC(C(=O)C[C@@H](Cc2cccc(-c3cnc(N4CCN(C(=O)OC(C)(C)C)CC4)nc3)c2)C(=O)Nc2ccc3c(c2)NCC3=O)CC1. The van der Waals surface area contributed by atoms with Crippen molar-refractivity contribution < 1.29 is 33.4 Å². The van der Waals surface area contributed by atoms with Gasteiger partial charge in [0.15, 0.2) is 5.78 Å². The quantitative estimate of drug-likeness (QED) is 0.184. The van der Waals surface area contributed by atoms with Crippen LogP contribution >= 0.6 is 0 Å². The van der Waals surface area contributed by atoms with Crippen molar-refractivity contribution in [3.8, 4) is 11.1 Å². The van der Waals surface area contributed by atoms with Gasteiger partial charge in [0.05, 0.1) is 6.54 Å². The number of rotatable bonds is 11. The Balaban J connectivity index is 1.10. The third-order valence-electron chi connectivity index (χ3n) is 10.7. The number of fused-ring (bicyclic) bond motifs is 1. The summed E-state index contributed by atoms with van der Waals surface area (Å²) in [6.07, 6.45) is 6.22. The topological polar surface area (TPSA) is 172 Å². The number of anilines is 3. The van der Waals surface area contributed by atoms with Gasteiger partial charge in [0, 0.05) is 85.9 Å². The molecule has 2 aliphatic heterocycles. The van der Waals surface area contributed by atoms with Crippen molar-refractivity contribution in [1.82, 2.24) is 20.2 Å². The maximum Gasteiger partial charge on any atom is 0.410 e. The van der Waals surface area contributed by atoms with Crippen molar-refractivity contribution in [2.75, 3.05) is 54.8 Å². The normalized spacial score (nSPS) is 18.8. The maximum atomic E-state index is 14.0. The van der Waals surface area contributed by atoms with E-state index < -0.39 is 23.2 Å². The van der Waals surface area contributed by atoms with Crippen LogP contribution in [0.5, 0.6) is 0 Å². The molecule has 3 amide bonds. The molecule has 14 heteroatoms. The first kappa shape index (κ1) is 42.1. The number of hydrogen-bond acceptors (Lipinski definition) is 11. The van der Waals surface area contributed by atoms with Gasteiger partial charge in [-0.2, -0.15) is 0 Å². The number of carbonyl (C=O) groups is 5. The highest BCUT2D eigenvalue weighted by atomic mass is 16.6. The van der Waals surface area contributed by atoms with Crippen LogP contribution in [0, 0.1) is 17.8 Å². The van der Waals surface area contributed by atoms with Crippen LogP contribution < -0.4 is 20.9 Å². The third-order valence-corrected chi connectivity index (χ3v) is 10.7. The summed E-state index contributed by atoms with van der Waals surface area (Å²) in [5, 5.41) is 8.96. The van der Waals surface area contributed by atoms with E-state index in [1.54, 1.807) is 35.5 Å². The molecule has 1 saturated carbocycles. The lowest BCUT2D eigenvalue weighted by Crippen LogP contribution is -2.50. The molecule has 0 radical (unpaired) electrons. The summed E-state index contributed by atoms with van der Waals surface area (Å²) in [6, 6.07) is 13.1. The van der Waals surface area contributed by atoms with E-state index in [9.17, 15) is 24.0 Å². The van der Waals surface area contributed by atoms with Crippen LogP contribution in [0.25, 0.3) is 11.1 Å². The standard InChI is InChI=1S/C44H57N7O7/c1-43(2,3)57-41(55)48-24-28-10-12-30(13-11-28)37(52)22-32(39(54)49-34-14-15-35-36(23-34)45-27-38(35)53)21-29-8-7-9-31(20-29)33-25-46-40(47-26-33)50-16-18-51(19-17-50)42(56)58-44(4,5)6/h7-9,14-15,20,23,25-26,28,30,32,45H,10-13,16-19,21-22,24,27H2,1-6H3,(H,48,55)(H,49,54)/t28?,30?,32-/m1/s1. The maximum absolute atomic E-state index is 14.0. The fraction of sp³-hybridized carbons (Fsp3) is 0.523. The average Bonchev–Trinajstić information content (AvgIpc) is 3.55. The summed E-state index contributed by atoms with van der Waals surface area (Å²) < 4.78 is 10.9. The molecular formula is C44H57N7O7. The summed E-state index contributed by atoms with van der Waals surface area (Å²) in [6.45, 7) is 14.0. The molecule has 1 atom stereocenters. The largest absolute Gasteiger partial charge is 0.444 e. The second-order valence-electron chi connectivity index (χ2n) is 17.6. The Labute approximate surface area is 340 Å². The molecule has 1 aliphatic carbocycles. The molecule has 3 heterocycles. The minimum absolute atomic E-state index is 0.00439. The van der Waals surface area contributed by atoms with Crippen LogP contribution in [0.1, 0.15) is 89.6 Å². The van der Waals surface area contributed by atoms with E-state index in [0.29, 0.717) is 74.9 Å². The van der Waals surface area contributed by atoms with Gasteiger partial charge in [0.1, 0.15) is 17.0 Å². The number of nitrogens with zero attached hydrogens (tertiary/aromatic N) is 4. The lowest BCUT2D eigenvalue weighted by molar-refractivity contribution is -0.129. The summed E-state index contributed by atoms with van der Waals surface area (Å²) in [5.41, 5.74) is 3.30. The zero-order valence-electron chi connectivity index (χ0n) is 34.6. The highest BCUT2D eigenvalue weighted by Gasteiger charge is 2.32. The summed E-state index contributed by atoms with van der Waals surface area (Å²) in [5.74, 6) is -0.167. The van der Waals surface area contributed by atoms with Crippen LogP contribution in [-0.4, -0.2) is 95.0 Å². The Morgan fingerprint density at radius 2 is 1.55 bits per heavy atom. The van der Waals surface area contributed by atoms with Gasteiger partial charge in [0.25, 0.3) is 0 Å². The van der Waals surface area contributed by atoms with Gasteiger partial charge in [-0.3, -0.25) is 14.4 Å². The zero-order valence-corrected chi connectivity index (χ0v) is 34.6. The predicted molar refractivity (Wildman–Crippen MR) is 222 cm³/mol. The number of alkyl carbamates (subject to hydrolysis) is 1. The van der Waals surface area contributed by atoms with Gasteiger partial charge in [-0.1, -0.05) is 24.3 Å². The number of hydrogen-bond donors (Lipinski definition) is 3. The second-order valence-corrected chi connectivity index (χ2v) is 17.6. The zero-order chi connectivity index (χ0) is 41.6. The van der Waals surface area contributed by atoms with E-state index in [1.165, 1.54) is 0 Å². The van der Waals surface area contributed by atoms with Crippen molar-refractivity contribution in [2.24, 2.45) is 17.8 Å². The number of benzene rings is 2. The van der Waals surface area contributed by atoms with Crippen LogP contribution in [0.15, 0.2) is 54.9 Å². The molecule has 3 aliphatic rings. The molecule has 6 rings (SSSR count). The smallest absolute Gasteiger partial charge is 0.410 e. The van der Waals surface area contributed by atoms with Crippen LogP contribution in [-0.2, 0) is 25.5 Å². The average molecular weight is 796 g/mol. The molecule has 0 unspecified atom stereocenters. The van der Waals surface area contributed by atoms with Crippen LogP contribution in [0.4, 0.5) is 26.9 Å². The van der Waals surface area contributed by atoms with Gasteiger partial charge >= 0.3 is 12.2 Å². The summed E-state index contributed by atoms with van der Waals surface area (Å²) in [7, 11) is 0. The third kappa shape index (κ3) is 11.5. The van der Waals surface area contributed by atoms with E-state index in [4.69, 9.17) is 9.47 Å². The Morgan fingerprint density at radius 1 is 0.862 bits per heavy atom. The van der Waals surface area contributed by atoms with Gasteiger partial charge < -0.3 is 35.2 Å². The van der Waals surface area contributed by atoms with E-state index in [2.05, 4.69) is 25.9 Å². The number of piperazine rings is 1. The highest BCUT2D eigenvalue weighted by Crippen LogP contribution is 2.32. The first-order valence-electron chi connectivity index (χ1n) is 20.4. The Bertz CT molecular complexity index is 1970. The molecular weight excluding hydrogens is 739 g/mol. The van der Waals surface area contributed by atoms with Gasteiger partial charge in [-0.05, 0) is 109 Å². The Kier molecular flexibility index (Phi) is 13.0. The van der Waals surface area contributed by atoms with E-state index in [0.717, 1.165) is 29.5 Å². The monoisotopic (exact) mass is 795 g/mol. The molecule has 0 spiro atoms. The molecule has 1 saturated heterocycles. The number of carbonyl (C=O) groups excluding carboxylic acids is 5. The lowest BCUT2D eigenvalue weighted by Gasteiger charge is -2.35. The molecule has 58 heavy (non-hydrogen) atoms.